The van der Waals surface area contributed by atoms with Gasteiger partial charge in [0, 0.05) is 0 Å². The Morgan fingerprint density at radius 1 is 0.737 bits per heavy atom. The number of benzene rings is 3. The van der Waals surface area contributed by atoms with Gasteiger partial charge in [-0.25, -0.2) is 0 Å². The molecule has 3 aromatic rings. The van der Waals surface area contributed by atoms with Crippen LogP contribution in [-0.2, 0) is 4.79 Å². The number of carbonyl (C=O) groups excluding carboxylic acids is 1. The molecule has 0 aliphatic carbocycles. The molecule has 0 unspecified atom stereocenters. The summed E-state index contributed by atoms with van der Waals surface area (Å²) in [6.07, 6.45) is 0.250. The van der Waals surface area contributed by atoms with Crippen molar-refractivity contribution in [2.45, 2.75) is 0 Å². The molecule has 0 aliphatic rings. The summed E-state index contributed by atoms with van der Waals surface area (Å²) in [5, 5.41) is 5.25. The topological polar surface area (TPSA) is 43.1 Å². The lowest BCUT2D eigenvalue weighted by atomic mass is 10.0. The van der Waals surface area contributed by atoms with Gasteiger partial charge >= 0.3 is 0 Å². The lowest BCUT2D eigenvalue weighted by molar-refractivity contribution is -0.106. The van der Waals surface area contributed by atoms with Crippen LogP contribution in [0.4, 0.5) is 0 Å². The van der Waals surface area contributed by atoms with Crippen LogP contribution in [-0.4, -0.2) is 6.41 Å². The molecule has 0 aromatic heterocycles. The zero-order chi connectivity index (χ0) is 14.1. The fourth-order valence-corrected chi connectivity index (χ4v) is 1.88. The summed E-state index contributed by atoms with van der Waals surface area (Å²) in [7, 11) is 0. The van der Waals surface area contributed by atoms with Crippen LogP contribution in [0.5, 0.6) is 0 Å². The Bertz CT molecular complexity index is 556. The Labute approximate surface area is 113 Å². The number of hydrogen-bond acceptors (Lipinski definition) is 1. The minimum atomic E-state index is 0.250. The molecule has 96 valence electrons. The molecule has 0 saturated carbocycles. The molecule has 0 heterocycles. The first-order valence-corrected chi connectivity index (χ1v) is 5.88. The molecule has 0 saturated heterocycles. The van der Waals surface area contributed by atoms with E-state index in [0.717, 1.165) is 0 Å². The average Bonchev–Trinajstić information content (AvgIpc) is 2.48. The molecule has 2 N–H and O–H groups in total. The monoisotopic (exact) mass is 251 g/mol. The smallest absolute Gasteiger partial charge is 0.204 e. The predicted molar refractivity (Wildman–Crippen MR) is 83.0 cm³/mol. The number of rotatable bonds is 0. The summed E-state index contributed by atoms with van der Waals surface area (Å²) in [4.78, 5) is 8.58. The summed E-state index contributed by atoms with van der Waals surface area (Å²) in [6, 6.07) is 21.4. The predicted octanol–water partition coefficient (Wildman–Crippen LogP) is 3.90. The summed E-state index contributed by atoms with van der Waals surface area (Å²) < 4.78 is 0. The first kappa shape index (κ1) is 14.5. The van der Waals surface area contributed by atoms with E-state index in [-0.39, 0.29) is 6.41 Å². The van der Waals surface area contributed by atoms with Crippen LogP contribution in [0.2, 0.25) is 0 Å². The van der Waals surface area contributed by atoms with Gasteiger partial charge in [-0.3, -0.25) is 4.79 Å². The number of nitrogens with two attached hydrogens (primary N) is 1. The van der Waals surface area contributed by atoms with Crippen LogP contribution < -0.4 is 5.73 Å². The van der Waals surface area contributed by atoms with Crippen LogP contribution in [0.3, 0.4) is 0 Å². The van der Waals surface area contributed by atoms with Crippen molar-refractivity contribution in [1.82, 2.24) is 0 Å². The van der Waals surface area contributed by atoms with Gasteiger partial charge in [0.05, 0.1) is 0 Å². The molecular weight excluding hydrogens is 234 g/mol. The van der Waals surface area contributed by atoms with Gasteiger partial charge in [0.1, 0.15) is 0 Å². The summed E-state index contributed by atoms with van der Waals surface area (Å²) in [5.41, 5.74) is 4.17. The number of carbonyl (C=O) groups is 1. The number of hydrogen-bond donors (Lipinski definition) is 1. The Morgan fingerprint density at radius 3 is 1.16 bits per heavy atom. The SMILES string of the molecule is C=C.NC=O.c1ccc2cc3ccccc3cc2c1. The number of amides is 1. The highest BCUT2D eigenvalue weighted by atomic mass is 16.1. The molecule has 0 fully saturated rings. The number of primary amides is 1. The first-order chi connectivity index (χ1) is 9.35. The Kier molecular flexibility index (Phi) is 5.83. The molecule has 0 radical (unpaired) electrons. The van der Waals surface area contributed by atoms with Gasteiger partial charge in [-0.1, -0.05) is 48.5 Å². The van der Waals surface area contributed by atoms with E-state index >= 15 is 0 Å². The molecule has 3 rings (SSSR count). The lowest BCUT2D eigenvalue weighted by Crippen LogP contribution is -1.82. The van der Waals surface area contributed by atoms with Crippen LogP contribution in [0.25, 0.3) is 21.5 Å². The van der Waals surface area contributed by atoms with Crippen LogP contribution >= 0.6 is 0 Å². The zero-order valence-corrected chi connectivity index (χ0v) is 10.8. The van der Waals surface area contributed by atoms with E-state index in [1.165, 1.54) is 21.5 Å². The van der Waals surface area contributed by atoms with E-state index in [0.29, 0.717) is 0 Å². The fourth-order valence-electron chi connectivity index (χ4n) is 1.88. The Balaban J connectivity index is 0.000000321. The maximum absolute atomic E-state index is 8.58. The largest absolute Gasteiger partial charge is 0.372 e. The highest BCUT2D eigenvalue weighted by Gasteiger charge is 1.95. The van der Waals surface area contributed by atoms with Gasteiger partial charge in [-0.15, -0.1) is 13.2 Å². The van der Waals surface area contributed by atoms with Crippen molar-refractivity contribution in [3.63, 3.8) is 0 Å². The van der Waals surface area contributed by atoms with Gasteiger partial charge in [0.2, 0.25) is 6.41 Å². The van der Waals surface area contributed by atoms with Crippen molar-refractivity contribution in [3.8, 4) is 0 Å². The normalized spacial score (nSPS) is 8.84. The van der Waals surface area contributed by atoms with Crippen LogP contribution in [0.1, 0.15) is 0 Å². The molecule has 3 aromatic carbocycles. The summed E-state index contributed by atoms with van der Waals surface area (Å²) >= 11 is 0. The van der Waals surface area contributed by atoms with Gasteiger partial charge in [-0.05, 0) is 33.7 Å². The van der Waals surface area contributed by atoms with E-state index < -0.39 is 0 Å². The molecule has 0 spiro atoms. The molecule has 2 nitrogen and oxygen atoms in total. The molecule has 1 amide bonds. The molecule has 2 heteroatoms. The second-order valence-electron chi connectivity index (χ2n) is 3.68. The third kappa shape index (κ3) is 3.68. The first-order valence-electron chi connectivity index (χ1n) is 5.88. The Morgan fingerprint density at radius 2 is 0.947 bits per heavy atom. The van der Waals surface area contributed by atoms with Crippen molar-refractivity contribution < 1.29 is 4.79 Å². The third-order valence-corrected chi connectivity index (χ3v) is 2.61. The second kappa shape index (κ2) is 7.67. The fraction of sp³-hybridized carbons (Fsp3) is 0. The quantitative estimate of drug-likeness (QED) is 0.367. The average molecular weight is 251 g/mol. The van der Waals surface area contributed by atoms with Crippen molar-refractivity contribution >= 4 is 28.0 Å². The molecule has 19 heavy (non-hydrogen) atoms. The maximum atomic E-state index is 8.58. The molecular formula is C17H17NO. The second-order valence-corrected chi connectivity index (χ2v) is 3.68. The zero-order valence-electron chi connectivity index (χ0n) is 10.8. The van der Waals surface area contributed by atoms with Gasteiger partial charge in [0.15, 0.2) is 0 Å². The van der Waals surface area contributed by atoms with Crippen molar-refractivity contribution in [2.75, 3.05) is 0 Å². The number of fused-ring (bicyclic) bond motifs is 2. The molecule has 0 bridgehead atoms. The summed E-state index contributed by atoms with van der Waals surface area (Å²) in [6.45, 7) is 6.00. The maximum Gasteiger partial charge on any atom is 0.204 e. The van der Waals surface area contributed by atoms with E-state index in [9.17, 15) is 0 Å². The molecule has 0 atom stereocenters. The van der Waals surface area contributed by atoms with Crippen molar-refractivity contribution in [2.24, 2.45) is 5.73 Å². The van der Waals surface area contributed by atoms with Crippen molar-refractivity contribution in [1.29, 1.82) is 0 Å². The highest BCUT2D eigenvalue weighted by Crippen LogP contribution is 2.21. The van der Waals surface area contributed by atoms with Gasteiger partial charge < -0.3 is 5.73 Å². The minimum absolute atomic E-state index is 0.250. The highest BCUT2D eigenvalue weighted by molar-refractivity contribution is 5.98. The minimum Gasteiger partial charge on any atom is -0.372 e. The standard InChI is InChI=1S/C14H10.C2H4.CH3NO/c1-2-6-12-10-14-8-4-3-7-13(14)9-11(12)5-1;1-2;2-1-3/h1-10H;1-2H2;1H,(H2,2,3). The van der Waals surface area contributed by atoms with E-state index in [2.05, 4.69) is 79.6 Å². The molecule has 0 aliphatic heterocycles. The van der Waals surface area contributed by atoms with Gasteiger partial charge in [0.25, 0.3) is 0 Å². The van der Waals surface area contributed by atoms with E-state index in [4.69, 9.17) is 4.79 Å². The Hall–Kier alpha value is -2.61. The van der Waals surface area contributed by atoms with E-state index in [1.54, 1.807) is 0 Å². The van der Waals surface area contributed by atoms with Crippen molar-refractivity contribution in [3.05, 3.63) is 73.8 Å². The van der Waals surface area contributed by atoms with E-state index in [1.807, 2.05) is 0 Å². The lowest BCUT2D eigenvalue weighted by Gasteiger charge is -2.00. The third-order valence-electron chi connectivity index (χ3n) is 2.61. The van der Waals surface area contributed by atoms with Crippen LogP contribution in [0, 0.1) is 0 Å². The van der Waals surface area contributed by atoms with Gasteiger partial charge in [-0.2, -0.15) is 0 Å². The van der Waals surface area contributed by atoms with Crippen LogP contribution in [0.15, 0.2) is 73.8 Å². The summed E-state index contributed by atoms with van der Waals surface area (Å²) in [5.74, 6) is 0.